The second-order valence-corrected chi connectivity index (χ2v) is 7.66. The van der Waals surface area contributed by atoms with Crippen LogP contribution in [-0.2, 0) is 9.84 Å². The van der Waals surface area contributed by atoms with Crippen LogP contribution >= 0.6 is 0 Å². The van der Waals surface area contributed by atoms with Gasteiger partial charge in [0.25, 0.3) is 0 Å². The van der Waals surface area contributed by atoms with E-state index in [0.29, 0.717) is 12.0 Å². The van der Waals surface area contributed by atoms with Gasteiger partial charge in [0.15, 0.2) is 9.84 Å². The molecular formula is C14H20N2O3S. The van der Waals surface area contributed by atoms with Crippen molar-refractivity contribution in [2.45, 2.75) is 37.5 Å². The summed E-state index contributed by atoms with van der Waals surface area (Å²) in [6.07, 6.45) is 3.68. The number of amides is 1. The van der Waals surface area contributed by atoms with E-state index < -0.39 is 15.7 Å². The Kier molecular flexibility index (Phi) is 4.04. The van der Waals surface area contributed by atoms with Crippen LogP contribution in [0.15, 0.2) is 18.2 Å². The van der Waals surface area contributed by atoms with Crippen molar-refractivity contribution in [3.63, 3.8) is 0 Å². The highest BCUT2D eigenvalue weighted by molar-refractivity contribution is 7.91. The second-order valence-electron chi connectivity index (χ2n) is 5.39. The molecule has 1 aromatic rings. The number of nitrogens with two attached hydrogens (primary N) is 1. The van der Waals surface area contributed by atoms with Crippen molar-refractivity contribution in [1.29, 1.82) is 0 Å². The molecule has 0 radical (unpaired) electrons. The van der Waals surface area contributed by atoms with Gasteiger partial charge in [0, 0.05) is 23.5 Å². The molecule has 2 atom stereocenters. The molecule has 6 heteroatoms. The van der Waals surface area contributed by atoms with Crippen LogP contribution in [0, 0.1) is 6.92 Å². The van der Waals surface area contributed by atoms with E-state index in [-0.39, 0.29) is 11.3 Å². The first-order valence-electron chi connectivity index (χ1n) is 6.65. The van der Waals surface area contributed by atoms with E-state index in [0.717, 1.165) is 24.1 Å². The third kappa shape index (κ3) is 2.95. The van der Waals surface area contributed by atoms with Gasteiger partial charge < -0.3 is 11.1 Å². The van der Waals surface area contributed by atoms with Gasteiger partial charge in [-0.2, -0.15) is 0 Å². The van der Waals surface area contributed by atoms with Crippen molar-refractivity contribution in [3.8, 4) is 0 Å². The molecule has 1 amide bonds. The Labute approximate surface area is 119 Å². The summed E-state index contributed by atoms with van der Waals surface area (Å²) in [5, 5.41) is 2.91. The molecule has 3 N–H and O–H groups in total. The first-order valence-corrected chi connectivity index (χ1v) is 8.61. The predicted molar refractivity (Wildman–Crippen MR) is 79.6 cm³/mol. The van der Waals surface area contributed by atoms with Crippen LogP contribution < -0.4 is 11.1 Å². The van der Waals surface area contributed by atoms with Crippen LogP contribution in [0.1, 0.15) is 35.2 Å². The molecule has 0 spiro atoms. The van der Waals surface area contributed by atoms with Gasteiger partial charge in [0.1, 0.15) is 0 Å². The maximum absolute atomic E-state index is 11.8. The van der Waals surface area contributed by atoms with Crippen molar-refractivity contribution in [2.24, 2.45) is 5.73 Å². The number of carbonyl (C=O) groups is 1. The number of primary amides is 1. The fourth-order valence-corrected chi connectivity index (χ4v) is 4.26. The molecular weight excluding hydrogens is 276 g/mol. The highest BCUT2D eigenvalue weighted by atomic mass is 32.2. The third-order valence-corrected chi connectivity index (χ3v) is 5.61. The molecule has 0 saturated heterocycles. The number of hydrogen-bond acceptors (Lipinski definition) is 4. The third-order valence-electron chi connectivity index (χ3n) is 3.94. The molecule has 1 aliphatic rings. The summed E-state index contributed by atoms with van der Waals surface area (Å²) in [7, 11) is -3.07. The standard InChI is InChI=1S/C14H20N2O3S/c1-9-10(14(15)17)5-3-6-11(9)16-12-7-4-8-13(12)20(2,18)19/h3,5-6,12-13,16H,4,7-8H2,1-2H3,(H2,15,17). The average molecular weight is 296 g/mol. The number of rotatable bonds is 4. The van der Waals surface area contributed by atoms with Crippen LogP contribution in [0.4, 0.5) is 5.69 Å². The fourth-order valence-electron chi connectivity index (χ4n) is 2.86. The van der Waals surface area contributed by atoms with Crippen LogP contribution in [0.25, 0.3) is 0 Å². The lowest BCUT2D eigenvalue weighted by Gasteiger charge is -2.22. The van der Waals surface area contributed by atoms with E-state index in [1.165, 1.54) is 6.26 Å². The van der Waals surface area contributed by atoms with Gasteiger partial charge in [0.05, 0.1) is 5.25 Å². The SMILES string of the molecule is Cc1c(NC2CCCC2S(C)(=O)=O)cccc1C(N)=O. The summed E-state index contributed by atoms with van der Waals surface area (Å²) in [4.78, 5) is 11.3. The van der Waals surface area contributed by atoms with Crippen LogP contribution in [0.3, 0.4) is 0 Å². The molecule has 2 rings (SSSR count). The van der Waals surface area contributed by atoms with E-state index in [1.807, 2.05) is 13.0 Å². The number of benzene rings is 1. The van der Waals surface area contributed by atoms with Gasteiger partial charge in [-0.15, -0.1) is 0 Å². The second kappa shape index (κ2) is 5.44. The molecule has 0 aliphatic heterocycles. The molecule has 0 heterocycles. The summed E-state index contributed by atoms with van der Waals surface area (Å²) in [6, 6.07) is 5.16. The smallest absolute Gasteiger partial charge is 0.249 e. The molecule has 1 saturated carbocycles. The quantitative estimate of drug-likeness (QED) is 0.880. The normalized spacial score (nSPS) is 22.7. The van der Waals surface area contributed by atoms with Gasteiger partial charge in [-0.3, -0.25) is 4.79 Å². The zero-order chi connectivity index (χ0) is 14.9. The van der Waals surface area contributed by atoms with Crippen molar-refractivity contribution < 1.29 is 13.2 Å². The molecule has 0 bridgehead atoms. The maximum Gasteiger partial charge on any atom is 0.249 e. The number of sulfone groups is 1. The van der Waals surface area contributed by atoms with E-state index in [9.17, 15) is 13.2 Å². The average Bonchev–Trinajstić information content (AvgIpc) is 2.79. The van der Waals surface area contributed by atoms with E-state index in [1.54, 1.807) is 12.1 Å². The molecule has 2 unspecified atom stereocenters. The number of anilines is 1. The number of hydrogen-bond donors (Lipinski definition) is 2. The lowest BCUT2D eigenvalue weighted by molar-refractivity contribution is 0.0999. The predicted octanol–water partition coefficient (Wildman–Crippen LogP) is 1.47. The number of carbonyl (C=O) groups excluding carboxylic acids is 1. The van der Waals surface area contributed by atoms with Crippen molar-refractivity contribution in [2.75, 3.05) is 11.6 Å². The minimum atomic E-state index is -3.07. The van der Waals surface area contributed by atoms with Crippen molar-refractivity contribution >= 4 is 21.4 Å². The Hall–Kier alpha value is -1.56. The molecule has 1 fully saturated rings. The zero-order valence-corrected chi connectivity index (χ0v) is 12.5. The summed E-state index contributed by atoms with van der Waals surface area (Å²) in [5.74, 6) is -0.475. The molecule has 0 aromatic heterocycles. The highest BCUT2D eigenvalue weighted by Gasteiger charge is 2.34. The topological polar surface area (TPSA) is 89.3 Å². The van der Waals surface area contributed by atoms with Crippen LogP contribution in [0.2, 0.25) is 0 Å². The first-order chi connectivity index (χ1) is 9.30. The van der Waals surface area contributed by atoms with Crippen molar-refractivity contribution in [3.05, 3.63) is 29.3 Å². The Morgan fingerprint density at radius 1 is 1.35 bits per heavy atom. The molecule has 1 aromatic carbocycles. The minimum Gasteiger partial charge on any atom is -0.381 e. The lowest BCUT2D eigenvalue weighted by atomic mass is 10.1. The summed E-state index contributed by atoms with van der Waals surface area (Å²) in [6.45, 7) is 1.81. The Bertz CT molecular complexity index is 625. The van der Waals surface area contributed by atoms with Gasteiger partial charge >= 0.3 is 0 Å². The van der Waals surface area contributed by atoms with Gasteiger partial charge in [0.2, 0.25) is 5.91 Å². The minimum absolute atomic E-state index is 0.105. The van der Waals surface area contributed by atoms with Gasteiger partial charge in [-0.25, -0.2) is 8.42 Å². The summed E-state index contributed by atoms with van der Waals surface area (Å²) >= 11 is 0. The number of nitrogens with one attached hydrogen (secondary N) is 1. The maximum atomic E-state index is 11.8. The highest BCUT2D eigenvalue weighted by Crippen LogP contribution is 2.29. The van der Waals surface area contributed by atoms with Gasteiger partial charge in [-0.05, 0) is 43.9 Å². The fraction of sp³-hybridized carbons (Fsp3) is 0.500. The summed E-state index contributed by atoms with van der Waals surface area (Å²) < 4.78 is 23.6. The molecule has 1 aliphatic carbocycles. The Morgan fingerprint density at radius 2 is 2.05 bits per heavy atom. The Balaban J connectivity index is 2.27. The van der Waals surface area contributed by atoms with E-state index in [4.69, 9.17) is 5.73 Å². The largest absolute Gasteiger partial charge is 0.381 e. The van der Waals surface area contributed by atoms with E-state index >= 15 is 0 Å². The van der Waals surface area contributed by atoms with Crippen LogP contribution in [-0.4, -0.2) is 31.9 Å². The monoisotopic (exact) mass is 296 g/mol. The summed E-state index contributed by atoms with van der Waals surface area (Å²) in [5.41, 5.74) is 7.33. The Morgan fingerprint density at radius 3 is 2.65 bits per heavy atom. The molecule has 5 nitrogen and oxygen atoms in total. The van der Waals surface area contributed by atoms with Crippen LogP contribution in [0.5, 0.6) is 0 Å². The van der Waals surface area contributed by atoms with E-state index in [2.05, 4.69) is 5.32 Å². The lowest BCUT2D eigenvalue weighted by Crippen LogP contribution is -2.34. The molecule has 20 heavy (non-hydrogen) atoms. The van der Waals surface area contributed by atoms with Gasteiger partial charge in [-0.1, -0.05) is 6.07 Å². The zero-order valence-electron chi connectivity index (χ0n) is 11.7. The molecule has 110 valence electrons. The first kappa shape index (κ1) is 14.8. The van der Waals surface area contributed by atoms with Crippen molar-refractivity contribution in [1.82, 2.24) is 0 Å².